The number of carbonyl (C=O) groups is 2. The predicted octanol–water partition coefficient (Wildman–Crippen LogP) is 1.95. The molecule has 2 aliphatic heterocycles. The molecule has 3 rings (SSSR count). The normalized spacial score (nSPS) is 27.6. The van der Waals surface area contributed by atoms with Crippen molar-refractivity contribution in [2.45, 2.75) is 31.3 Å². The SMILES string of the molecule is COC(=O)[C@@H]1C[C@@H](Cc2ccccc2)[C@H]2C=CCC(=O)N21. The lowest BCUT2D eigenvalue weighted by Gasteiger charge is -2.31. The van der Waals surface area contributed by atoms with Crippen molar-refractivity contribution in [2.75, 3.05) is 7.11 Å². The van der Waals surface area contributed by atoms with Gasteiger partial charge in [-0.3, -0.25) is 4.79 Å². The monoisotopic (exact) mass is 285 g/mol. The first kappa shape index (κ1) is 13.9. The molecule has 0 radical (unpaired) electrons. The van der Waals surface area contributed by atoms with E-state index in [-0.39, 0.29) is 23.8 Å². The van der Waals surface area contributed by atoms with Gasteiger partial charge in [0.1, 0.15) is 6.04 Å². The summed E-state index contributed by atoms with van der Waals surface area (Å²) in [6.07, 6.45) is 5.90. The third kappa shape index (κ3) is 2.58. The Bertz CT molecular complexity index is 567. The lowest BCUT2D eigenvalue weighted by molar-refractivity contribution is -0.151. The smallest absolute Gasteiger partial charge is 0.328 e. The Morgan fingerprint density at radius 3 is 2.81 bits per heavy atom. The highest BCUT2D eigenvalue weighted by Crippen LogP contribution is 2.36. The largest absolute Gasteiger partial charge is 0.467 e. The van der Waals surface area contributed by atoms with Gasteiger partial charge in [-0.2, -0.15) is 0 Å². The van der Waals surface area contributed by atoms with Crippen LogP contribution >= 0.6 is 0 Å². The van der Waals surface area contributed by atoms with E-state index in [9.17, 15) is 9.59 Å². The first-order chi connectivity index (χ1) is 10.2. The summed E-state index contributed by atoms with van der Waals surface area (Å²) < 4.78 is 4.87. The topological polar surface area (TPSA) is 46.6 Å². The summed E-state index contributed by atoms with van der Waals surface area (Å²) >= 11 is 0. The van der Waals surface area contributed by atoms with E-state index in [1.165, 1.54) is 12.7 Å². The van der Waals surface area contributed by atoms with Gasteiger partial charge in [-0.15, -0.1) is 0 Å². The van der Waals surface area contributed by atoms with Crippen molar-refractivity contribution < 1.29 is 14.3 Å². The minimum atomic E-state index is -0.439. The molecule has 3 atom stereocenters. The second kappa shape index (κ2) is 5.72. The number of carbonyl (C=O) groups excluding carboxylic acids is 2. The molecule has 21 heavy (non-hydrogen) atoms. The number of hydrogen-bond donors (Lipinski definition) is 0. The zero-order chi connectivity index (χ0) is 14.8. The Labute approximate surface area is 124 Å². The molecule has 0 aromatic heterocycles. The standard InChI is InChI=1S/C17H19NO3/c1-21-17(20)15-11-13(10-12-6-3-2-4-7-12)14-8-5-9-16(19)18(14)15/h2-8,13-15H,9-11H2,1H3/t13-,14-,15+/m1/s1. The molecule has 1 amide bonds. The number of esters is 1. The van der Waals surface area contributed by atoms with E-state index in [0.29, 0.717) is 12.8 Å². The Morgan fingerprint density at radius 1 is 1.33 bits per heavy atom. The summed E-state index contributed by atoms with van der Waals surface area (Å²) in [5.74, 6) is -0.0235. The molecule has 1 fully saturated rings. The molecule has 0 saturated carbocycles. The van der Waals surface area contributed by atoms with Gasteiger partial charge in [0.2, 0.25) is 5.91 Å². The number of methoxy groups -OCH3 is 1. The summed E-state index contributed by atoms with van der Waals surface area (Å²) in [5, 5.41) is 0. The van der Waals surface area contributed by atoms with Gasteiger partial charge in [-0.05, 0) is 24.3 Å². The van der Waals surface area contributed by atoms with Crippen molar-refractivity contribution in [1.82, 2.24) is 4.90 Å². The van der Waals surface area contributed by atoms with E-state index >= 15 is 0 Å². The minimum Gasteiger partial charge on any atom is -0.467 e. The molecule has 1 aromatic carbocycles. The average molecular weight is 285 g/mol. The molecular weight excluding hydrogens is 266 g/mol. The number of ether oxygens (including phenoxy) is 1. The van der Waals surface area contributed by atoms with E-state index < -0.39 is 6.04 Å². The van der Waals surface area contributed by atoms with Crippen LogP contribution in [0.2, 0.25) is 0 Å². The van der Waals surface area contributed by atoms with Gasteiger partial charge in [0.25, 0.3) is 0 Å². The molecule has 1 aromatic rings. The van der Waals surface area contributed by atoms with E-state index in [1.807, 2.05) is 24.3 Å². The maximum absolute atomic E-state index is 12.2. The van der Waals surface area contributed by atoms with Crippen LogP contribution in [0.3, 0.4) is 0 Å². The maximum Gasteiger partial charge on any atom is 0.328 e. The first-order valence-corrected chi connectivity index (χ1v) is 7.30. The highest BCUT2D eigenvalue weighted by Gasteiger charge is 2.46. The van der Waals surface area contributed by atoms with Crippen LogP contribution in [0.4, 0.5) is 0 Å². The van der Waals surface area contributed by atoms with Gasteiger partial charge in [0.05, 0.1) is 13.2 Å². The number of nitrogens with zero attached hydrogens (tertiary/aromatic N) is 1. The fraction of sp³-hybridized carbons (Fsp3) is 0.412. The fourth-order valence-electron chi connectivity index (χ4n) is 3.45. The maximum atomic E-state index is 12.2. The number of amides is 1. The number of rotatable bonds is 3. The van der Waals surface area contributed by atoms with E-state index in [2.05, 4.69) is 18.2 Å². The predicted molar refractivity (Wildman–Crippen MR) is 78.4 cm³/mol. The summed E-state index contributed by atoms with van der Waals surface area (Å²) in [6.45, 7) is 0. The van der Waals surface area contributed by atoms with Crippen molar-refractivity contribution in [3.8, 4) is 0 Å². The van der Waals surface area contributed by atoms with Crippen LogP contribution in [-0.2, 0) is 20.7 Å². The zero-order valence-electron chi connectivity index (χ0n) is 12.1. The minimum absolute atomic E-state index is 0.00977. The molecule has 0 N–H and O–H groups in total. The zero-order valence-corrected chi connectivity index (χ0v) is 12.1. The molecule has 0 bridgehead atoms. The van der Waals surface area contributed by atoms with Crippen LogP contribution in [0.15, 0.2) is 42.5 Å². The van der Waals surface area contributed by atoms with Crippen LogP contribution in [0.25, 0.3) is 0 Å². The molecular formula is C17H19NO3. The molecule has 1 saturated heterocycles. The van der Waals surface area contributed by atoms with Crippen molar-refractivity contribution in [3.05, 3.63) is 48.0 Å². The quantitative estimate of drug-likeness (QED) is 0.630. The average Bonchev–Trinajstić information content (AvgIpc) is 2.88. The van der Waals surface area contributed by atoms with Crippen LogP contribution in [0.5, 0.6) is 0 Å². The molecule has 0 spiro atoms. The van der Waals surface area contributed by atoms with Gasteiger partial charge in [-0.25, -0.2) is 4.79 Å². The third-order valence-corrected chi connectivity index (χ3v) is 4.39. The number of fused-ring (bicyclic) bond motifs is 1. The van der Waals surface area contributed by atoms with E-state index in [0.717, 1.165) is 6.42 Å². The number of hydrogen-bond acceptors (Lipinski definition) is 3. The van der Waals surface area contributed by atoms with Crippen LogP contribution < -0.4 is 0 Å². The molecule has 0 unspecified atom stereocenters. The Morgan fingerprint density at radius 2 is 2.10 bits per heavy atom. The van der Waals surface area contributed by atoms with Crippen molar-refractivity contribution in [3.63, 3.8) is 0 Å². The summed E-state index contributed by atoms with van der Waals surface area (Å²) in [7, 11) is 1.38. The molecule has 2 heterocycles. The van der Waals surface area contributed by atoms with Gasteiger partial charge in [0, 0.05) is 6.42 Å². The lowest BCUT2D eigenvalue weighted by atomic mass is 9.90. The van der Waals surface area contributed by atoms with Gasteiger partial charge < -0.3 is 9.64 Å². The van der Waals surface area contributed by atoms with Crippen LogP contribution in [0, 0.1) is 5.92 Å². The second-order valence-corrected chi connectivity index (χ2v) is 5.65. The highest BCUT2D eigenvalue weighted by atomic mass is 16.5. The second-order valence-electron chi connectivity index (χ2n) is 5.65. The van der Waals surface area contributed by atoms with Crippen molar-refractivity contribution >= 4 is 11.9 Å². The van der Waals surface area contributed by atoms with Crippen LogP contribution in [-0.4, -0.2) is 36.0 Å². The summed E-state index contributed by atoms with van der Waals surface area (Å²) in [5.41, 5.74) is 1.24. The Hall–Kier alpha value is -2.10. The lowest BCUT2D eigenvalue weighted by Crippen LogP contribution is -2.46. The van der Waals surface area contributed by atoms with Crippen molar-refractivity contribution in [1.29, 1.82) is 0 Å². The van der Waals surface area contributed by atoms with Gasteiger partial charge in [0.15, 0.2) is 0 Å². The Kier molecular flexibility index (Phi) is 3.78. The van der Waals surface area contributed by atoms with Crippen molar-refractivity contribution in [2.24, 2.45) is 5.92 Å². The van der Waals surface area contributed by atoms with Gasteiger partial charge in [-0.1, -0.05) is 42.5 Å². The van der Waals surface area contributed by atoms with Crippen LogP contribution in [0.1, 0.15) is 18.4 Å². The van der Waals surface area contributed by atoms with Gasteiger partial charge >= 0.3 is 5.97 Å². The first-order valence-electron chi connectivity index (χ1n) is 7.30. The molecule has 4 nitrogen and oxygen atoms in total. The molecule has 4 heteroatoms. The summed E-state index contributed by atoms with van der Waals surface area (Å²) in [6, 6.07) is 9.77. The molecule has 0 aliphatic carbocycles. The highest BCUT2D eigenvalue weighted by molar-refractivity contribution is 5.87. The molecule has 2 aliphatic rings. The number of benzene rings is 1. The Balaban J connectivity index is 1.85. The summed E-state index contributed by atoms with van der Waals surface area (Å²) in [4.78, 5) is 25.9. The molecule has 110 valence electrons. The third-order valence-electron chi connectivity index (χ3n) is 4.39. The van der Waals surface area contributed by atoms with E-state index in [1.54, 1.807) is 4.90 Å². The fourth-order valence-corrected chi connectivity index (χ4v) is 3.45. The van der Waals surface area contributed by atoms with E-state index in [4.69, 9.17) is 4.74 Å².